The van der Waals surface area contributed by atoms with Gasteiger partial charge in [0.15, 0.2) is 11.6 Å². The Bertz CT molecular complexity index is 3240. The largest absolute Gasteiger partial charge is 0.278 e. The third-order valence-electron chi connectivity index (χ3n) is 10.8. The summed E-state index contributed by atoms with van der Waals surface area (Å²) in [5.74, 6) is 1.84. The highest BCUT2D eigenvalue weighted by atomic mass is 15.2. The number of benzene rings is 9. The number of rotatable bonds is 5. The highest BCUT2D eigenvalue weighted by Crippen LogP contribution is 2.38. The molecule has 0 spiro atoms. The molecule has 256 valence electrons. The minimum Gasteiger partial charge on any atom is -0.278 e. The molecule has 0 N–H and O–H groups in total. The van der Waals surface area contributed by atoms with Gasteiger partial charge in [-0.2, -0.15) is 9.97 Å². The SMILES string of the molecule is c1ccc(-c2cccc3cccc(-c4ccc(-c5nc(-c6cccc7ccccc67)nc(-n6c7ccccc7c7cc8ccccc8cc76)n5)cc4)c23)cc1. The van der Waals surface area contributed by atoms with Gasteiger partial charge < -0.3 is 0 Å². The van der Waals surface area contributed by atoms with E-state index in [-0.39, 0.29) is 0 Å². The van der Waals surface area contributed by atoms with Crippen molar-refractivity contribution in [3.8, 4) is 51.0 Å². The van der Waals surface area contributed by atoms with Crippen molar-refractivity contribution in [1.82, 2.24) is 19.5 Å². The molecular weight excluding hydrogens is 669 g/mol. The van der Waals surface area contributed by atoms with Crippen molar-refractivity contribution in [3.05, 3.63) is 194 Å². The topological polar surface area (TPSA) is 43.6 Å². The molecule has 55 heavy (non-hydrogen) atoms. The molecule has 4 heteroatoms. The molecule has 11 rings (SSSR count). The highest BCUT2D eigenvalue weighted by Gasteiger charge is 2.19. The van der Waals surface area contributed by atoms with Crippen molar-refractivity contribution in [1.29, 1.82) is 0 Å². The van der Waals surface area contributed by atoms with Gasteiger partial charge in [-0.3, -0.25) is 4.57 Å². The van der Waals surface area contributed by atoms with Crippen LogP contribution >= 0.6 is 0 Å². The molecule has 0 radical (unpaired) electrons. The molecule has 0 aliphatic carbocycles. The van der Waals surface area contributed by atoms with E-state index in [1.165, 1.54) is 38.2 Å². The first-order chi connectivity index (χ1) is 27.3. The number of fused-ring (bicyclic) bond motifs is 6. The molecule has 0 fully saturated rings. The van der Waals surface area contributed by atoms with Crippen LogP contribution in [-0.4, -0.2) is 19.5 Å². The van der Waals surface area contributed by atoms with Gasteiger partial charge in [0.2, 0.25) is 5.95 Å². The first-order valence-electron chi connectivity index (χ1n) is 18.6. The second-order valence-corrected chi connectivity index (χ2v) is 14.0. The van der Waals surface area contributed by atoms with Crippen molar-refractivity contribution < 1.29 is 0 Å². The van der Waals surface area contributed by atoms with Gasteiger partial charge in [0.1, 0.15) is 0 Å². The fraction of sp³-hybridized carbons (Fsp3) is 0. The standard InChI is InChI=1S/C51H32N4/c1-2-13-34(14-3-1)41-23-11-19-36-20-12-24-42(48(36)41)35-27-29-37(30-28-35)49-52-50(44-25-10-18-33-15-6-7-21-40(33)44)54-51(53-49)55-46-26-9-8-22-43(46)45-31-38-16-4-5-17-39(38)32-47(45)55/h1-32H. The van der Waals surface area contributed by atoms with Crippen LogP contribution in [-0.2, 0) is 0 Å². The molecule has 0 unspecified atom stereocenters. The molecule has 0 aliphatic heterocycles. The van der Waals surface area contributed by atoms with E-state index in [0.717, 1.165) is 49.3 Å². The zero-order chi connectivity index (χ0) is 36.3. The molecule has 11 aromatic rings. The van der Waals surface area contributed by atoms with Gasteiger partial charge >= 0.3 is 0 Å². The maximum absolute atomic E-state index is 5.28. The van der Waals surface area contributed by atoms with Crippen LogP contribution in [0.15, 0.2) is 194 Å². The van der Waals surface area contributed by atoms with E-state index in [2.05, 4.69) is 199 Å². The van der Waals surface area contributed by atoms with Crippen LogP contribution in [0.3, 0.4) is 0 Å². The molecule has 0 saturated heterocycles. The molecule has 0 aliphatic rings. The lowest BCUT2D eigenvalue weighted by molar-refractivity contribution is 0.954. The molecule has 0 bridgehead atoms. The lowest BCUT2D eigenvalue weighted by atomic mass is 9.91. The molecule has 0 atom stereocenters. The van der Waals surface area contributed by atoms with Crippen LogP contribution in [0.5, 0.6) is 0 Å². The van der Waals surface area contributed by atoms with Crippen molar-refractivity contribution in [2.75, 3.05) is 0 Å². The zero-order valence-corrected chi connectivity index (χ0v) is 29.8. The van der Waals surface area contributed by atoms with Gasteiger partial charge in [0, 0.05) is 21.9 Å². The first kappa shape index (κ1) is 31.1. The number of nitrogens with zero attached hydrogens (tertiary/aromatic N) is 4. The summed E-state index contributed by atoms with van der Waals surface area (Å²) < 4.78 is 2.20. The summed E-state index contributed by atoms with van der Waals surface area (Å²) in [4.78, 5) is 15.8. The van der Waals surface area contributed by atoms with Crippen molar-refractivity contribution in [3.63, 3.8) is 0 Å². The normalized spacial score (nSPS) is 11.6. The quantitative estimate of drug-likeness (QED) is 0.179. The molecular formula is C51H32N4. The second-order valence-electron chi connectivity index (χ2n) is 14.0. The lowest BCUT2D eigenvalue weighted by Crippen LogP contribution is -2.06. The van der Waals surface area contributed by atoms with Gasteiger partial charge in [-0.1, -0.05) is 176 Å². The van der Waals surface area contributed by atoms with E-state index in [0.29, 0.717) is 17.6 Å². The number of aromatic nitrogens is 4. The summed E-state index contributed by atoms with van der Waals surface area (Å²) in [5.41, 5.74) is 8.74. The zero-order valence-electron chi connectivity index (χ0n) is 29.8. The molecule has 0 saturated carbocycles. The molecule has 2 aromatic heterocycles. The van der Waals surface area contributed by atoms with Gasteiger partial charge in [0.25, 0.3) is 0 Å². The van der Waals surface area contributed by atoms with E-state index < -0.39 is 0 Å². The van der Waals surface area contributed by atoms with Crippen LogP contribution in [0.1, 0.15) is 0 Å². The predicted molar refractivity (Wildman–Crippen MR) is 228 cm³/mol. The summed E-state index contributed by atoms with van der Waals surface area (Å²) in [6, 6.07) is 68.7. The third kappa shape index (κ3) is 5.19. The molecule has 2 heterocycles. The molecule has 9 aromatic carbocycles. The van der Waals surface area contributed by atoms with Gasteiger partial charge in [-0.25, -0.2) is 4.98 Å². The Kier molecular flexibility index (Phi) is 7.14. The Morgan fingerprint density at radius 1 is 0.309 bits per heavy atom. The minimum absolute atomic E-state index is 0.583. The second kappa shape index (κ2) is 12.6. The predicted octanol–water partition coefficient (Wildman–Crippen LogP) is 13.1. The summed E-state index contributed by atoms with van der Waals surface area (Å²) in [7, 11) is 0. The fourth-order valence-corrected chi connectivity index (χ4v) is 8.24. The summed E-state index contributed by atoms with van der Waals surface area (Å²) in [6.07, 6.45) is 0. The Labute approximate surface area is 317 Å². The van der Waals surface area contributed by atoms with Crippen LogP contribution in [0.4, 0.5) is 0 Å². The van der Waals surface area contributed by atoms with Crippen LogP contribution in [0.25, 0.3) is 105 Å². The minimum atomic E-state index is 0.583. The third-order valence-corrected chi connectivity index (χ3v) is 10.8. The monoisotopic (exact) mass is 700 g/mol. The van der Waals surface area contributed by atoms with E-state index in [1.54, 1.807) is 0 Å². The summed E-state index contributed by atoms with van der Waals surface area (Å²) in [6.45, 7) is 0. The maximum Gasteiger partial charge on any atom is 0.238 e. The highest BCUT2D eigenvalue weighted by molar-refractivity contribution is 6.13. The average molecular weight is 701 g/mol. The Hall–Kier alpha value is -7.43. The van der Waals surface area contributed by atoms with Crippen LogP contribution in [0, 0.1) is 0 Å². The molecule has 4 nitrogen and oxygen atoms in total. The first-order valence-corrected chi connectivity index (χ1v) is 18.6. The van der Waals surface area contributed by atoms with E-state index in [4.69, 9.17) is 15.0 Å². The number of para-hydroxylation sites is 1. The van der Waals surface area contributed by atoms with Crippen LogP contribution in [0.2, 0.25) is 0 Å². The smallest absolute Gasteiger partial charge is 0.238 e. The average Bonchev–Trinajstić information content (AvgIpc) is 3.58. The lowest BCUT2D eigenvalue weighted by Gasteiger charge is -2.14. The number of hydrogen-bond acceptors (Lipinski definition) is 3. The summed E-state index contributed by atoms with van der Waals surface area (Å²) >= 11 is 0. The van der Waals surface area contributed by atoms with Crippen molar-refractivity contribution in [2.24, 2.45) is 0 Å². The Balaban J connectivity index is 1.13. The van der Waals surface area contributed by atoms with E-state index in [9.17, 15) is 0 Å². The Morgan fingerprint density at radius 3 is 1.62 bits per heavy atom. The van der Waals surface area contributed by atoms with Gasteiger partial charge in [-0.15, -0.1) is 0 Å². The van der Waals surface area contributed by atoms with E-state index in [1.807, 2.05) is 0 Å². The molecule has 0 amide bonds. The van der Waals surface area contributed by atoms with Gasteiger partial charge in [-0.05, 0) is 72.8 Å². The van der Waals surface area contributed by atoms with Crippen molar-refractivity contribution >= 4 is 54.1 Å². The van der Waals surface area contributed by atoms with E-state index >= 15 is 0 Å². The van der Waals surface area contributed by atoms with Crippen molar-refractivity contribution in [2.45, 2.75) is 0 Å². The fourth-order valence-electron chi connectivity index (χ4n) is 8.24. The Morgan fingerprint density at radius 2 is 0.855 bits per heavy atom. The maximum atomic E-state index is 5.28. The van der Waals surface area contributed by atoms with Crippen LogP contribution < -0.4 is 0 Å². The number of hydrogen-bond donors (Lipinski definition) is 0. The summed E-state index contributed by atoms with van der Waals surface area (Å²) in [5, 5.41) is 9.38. The van der Waals surface area contributed by atoms with Gasteiger partial charge in [0.05, 0.1) is 11.0 Å².